The van der Waals surface area contributed by atoms with Gasteiger partial charge in [-0.15, -0.1) is 0 Å². The highest BCUT2D eigenvalue weighted by Crippen LogP contribution is 2.32. The van der Waals surface area contributed by atoms with Crippen molar-refractivity contribution >= 4 is 11.0 Å². The standard InChI is InChI=1S/C10H8N2O4/c13-9-10(14)12-6-4-8-7(3-5(6)11-9)15-1-2-16-8/h3-4H,1-2H2,(H,11,13)(H,12,14). The van der Waals surface area contributed by atoms with Crippen LogP contribution in [0, 0.1) is 0 Å². The van der Waals surface area contributed by atoms with Crippen molar-refractivity contribution in [2.24, 2.45) is 0 Å². The molecule has 2 aromatic rings. The van der Waals surface area contributed by atoms with Gasteiger partial charge >= 0.3 is 11.1 Å². The van der Waals surface area contributed by atoms with Crippen molar-refractivity contribution < 1.29 is 9.47 Å². The van der Waals surface area contributed by atoms with E-state index in [0.717, 1.165) is 0 Å². The van der Waals surface area contributed by atoms with Crippen molar-refractivity contribution in [3.05, 3.63) is 32.8 Å². The lowest BCUT2D eigenvalue weighted by molar-refractivity contribution is 0.172. The number of ether oxygens (including phenoxy) is 2. The van der Waals surface area contributed by atoms with E-state index in [1.54, 1.807) is 12.1 Å². The molecule has 0 saturated carbocycles. The molecule has 2 heterocycles. The molecule has 0 amide bonds. The van der Waals surface area contributed by atoms with E-state index in [-0.39, 0.29) is 0 Å². The average molecular weight is 220 g/mol. The van der Waals surface area contributed by atoms with Crippen LogP contribution in [0.1, 0.15) is 0 Å². The van der Waals surface area contributed by atoms with Gasteiger partial charge in [-0.3, -0.25) is 9.59 Å². The maximum atomic E-state index is 11.1. The molecule has 82 valence electrons. The molecule has 0 spiro atoms. The van der Waals surface area contributed by atoms with Crippen LogP contribution < -0.4 is 20.6 Å². The first-order valence-electron chi connectivity index (χ1n) is 4.80. The van der Waals surface area contributed by atoms with Crippen molar-refractivity contribution in [1.82, 2.24) is 9.97 Å². The van der Waals surface area contributed by atoms with Gasteiger partial charge in [0.1, 0.15) is 13.2 Å². The van der Waals surface area contributed by atoms with Crippen molar-refractivity contribution in [2.75, 3.05) is 13.2 Å². The summed E-state index contributed by atoms with van der Waals surface area (Å²) >= 11 is 0. The Morgan fingerprint density at radius 3 is 1.75 bits per heavy atom. The molecule has 6 nitrogen and oxygen atoms in total. The number of hydrogen-bond donors (Lipinski definition) is 2. The Morgan fingerprint density at radius 2 is 1.31 bits per heavy atom. The molecule has 0 unspecified atom stereocenters. The summed E-state index contributed by atoms with van der Waals surface area (Å²) < 4.78 is 10.7. The lowest BCUT2D eigenvalue weighted by Crippen LogP contribution is -2.29. The quantitative estimate of drug-likeness (QED) is 0.611. The van der Waals surface area contributed by atoms with E-state index in [1.165, 1.54) is 0 Å². The van der Waals surface area contributed by atoms with E-state index >= 15 is 0 Å². The zero-order valence-electron chi connectivity index (χ0n) is 8.20. The number of hydrogen-bond acceptors (Lipinski definition) is 4. The van der Waals surface area contributed by atoms with Crippen LogP contribution in [0.15, 0.2) is 21.7 Å². The second-order valence-corrected chi connectivity index (χ2v) is 3.45. The van der Waals surface area contributed by atoms with Crippen LogP contribution in [0.3, 0.4) is 0 Å². The highest BCUT2D eigenvalue weighted by Gasteiger charge is 2.13. The highest BCUT2D eigenvalue weighted by molar-refractivity contribution is 5.78. The third kappa shape index (κ3) is 1.27. The molecule has 0 saturated heterocycles. The highest BCUT2D eigenvalue weighted by atomic mass is 16.6. The summed E-state index contributed by atoms with van der Waals surface area (Å²) in [6.07, 6.45) is 0. The second-order valence-electron chi connectivity index (χ2n) is 3.45. The molecule has 0 atom stereocenters. The predicted octanol–water partition coefficient (Wildman–Crippen LogP) is -0.0124. The summed E-state index contributed by atoms with van der Waals surface area (Å²) in [5.41, 5.74) is -0.309. The molecule has 1 aromatic carbocycles. The first-order valence-corrected chi connectivity index (χ1v) is 4.80. The zero-order chi connectivity index (χ0) is 11.1. The third-order valence-corrected chi connectivity index (χ3v) is 2.38. The summed E-state index contributed by atoms with van der Waals surface area (Å²) in [5.74, 6) is 1.14. The van der Waals surface area contributed by atoms with Crippen molar-refractivity contribution in [3.8, 4) is 11.5 Å². The number of aromatic amines is 2. The van der Waals surface area contributed by atoms with E-state index < -0.39 is 11.1 Å². The fourth-order valence-electron chi connectivity index (χ4n) is 1.65. The average Bonchev–Trinajstić information content (AvgIpc) is 2.28. The second kappa shape index (κ2) is 3.13. The van der Waals surface area contributed by atoms with E-state index in [2.05, 4.69) is 9.97 Å². The van der Waals surface area contributed by atoms with Crippen LogP contribution in [-0.2, 0) is 0 Å². The Kier molecular flexibility index (Phi) is 1.76. The Balaban J connectivity index is 2.36. The van der Waals surface area contributed by atoms with Gasteiger partial charge in [0.15, 0.2) is 11.5 Å². The Labute approximate surface area is 88.8 Å². The molecule has 0 fully saturated rings. The van der Waals surface area contributed by atoms with E-state index in [9.17, 15) is 9.59 Å². The zero-order valence-corrected chi connectivity index (χ0v) is 8.20. The molecular formula is C10H8N2O4. The number of rotatable bonds is 0. The van der Waals surface area contributed by atoms with Crippen LogP contribution in [-0.4, -0.2) is 23.2 Å². The Hall–Kier alpha value is -2.24. The van der Waals surface area contributed by atoms with Gasteiger partial charge in [0, 0.05) is 12.1 Å². The van der Waals surface area contributed by atoms with Gasteiger partial charge < -0.3 is 19.4 Å². The number of nitrogens with one attached hydrogen (secondary N) is 2. The summed E-state index contributed by atoms with van der Waals surface area (Å²) in [6, 6.07) is 3.28. The summed E-state index contributed by atoms with van der Waals surface area (Å²) in [4.78, 5) is 27.2. The smallest absolute Gasteiger partial charge is 0.314 e. The SMILES string of the molecule is O=c1[nH]c2cc3c(cc2[nH]c1=O)OCCO3. The maximum absolute atomic E-state index is 11.1. The van der Waals surface area contributed by atoms with Crippen molar-refractivity contribution in [2.45, 2.75) is 0 Å². The molecule has 0 radical (unpaired) electrons. The molecule has 0 bridgehead atoms. The molecule has 1 aliphatic rings. The van der Waals surface area contributed by atoms with Crippen LogP contribution in [0.5, 0.6) is 11.5 Å². The molecule has 2 N–H and O–H groups in total. The van der Waals surface area contributed by atoms with Gasteiger partial charge in [0.25, 0.3) is 0 Å². The molecule has 3 rings (SSSR count). The molecule has 1 aliphatic heterocycles. The van der Waals surface area contributed by atoms with Crippen LogP contribution >= 0.6 is 0 Å². The lowest BCUT2D eigenvalue weighted by Gasteiger charge is -2.18. The molecule has 16 heavy (non-hydrogen) atoms. The molecule has 6 heteroatoms. The van der Waals surface area contributed by atoms with E-state index in [0.29, 0.717) is 35.7 Å². The normalized spacial score (nSPS) is 14.0. The van der Waals surface area contributed by atoms with Gasteiger partial charge in [-0.25, -0.2) is 0 Å². The first kappa shape index (κ1) is 9.02. The number of H-pyrrole nitrogens is 2. The van der Waals surface area contributed by atoms with Crippen LogP contribution in [0.25, 0.3) is 11.0 Å². The maximum Gasteiger partial charge on any atom is 0.314 e. The van der Waals surface area contributed by atoms with Gasteiger partial charge in [0.05, 0.1) is 11.0 Å². The lowest BCUT2D eigenvalue weighted by atomic mass is 10.2. The van der Waals surface area contributed by atoms with Crippen LogP contribution in [0.4, 0.5) is 0 Å². The fraction of sp³-hybridized carbons (Fsp3) is 0.200. The van der Waals surface area contributed by atoms with Crippen molar-refractivity contribution in [1.29, 1.82) is 0 Å². The monoisotopic (exact) mass is 220 g/mol. The first-order chi connectivity index (χ1) is 7.74. The fourth-order valence-corrected chi connectivity index (χ4v) is 1.65. The molecule has 1 aromatic heterocycles. The number of fused-ring (bicyclic) bond motifs is 2. The van der Waals surface area contributed by atoms with Gasteiger partial charge in [-0.05, 0) is 0 Å². The largest absolute Gasteiger partial charge is 0.486 e. The van der Waals surface area contributed by atoms with Gasteiger partial charge in [0.2, 0.25) is 0 Å². The van der Waals surface area contributed by atoms with Gasteiger partial charge in [-0.1, -0.05) is 0 Å². The van der Waals surface area contributed by atoms with E-state index in [4.69, 9.17) is 9.47 Å². The summed E-state index contributed by atoms with van der Waals surface area (Å²) in [7, 11) is 0. The minimum atomic E-state index is -0.677. The Bertz CT molecular complexity index is 612. The van der Waals surface area contributed by atoms with E-state index in [1.807, 2.05) is 0 Å². The van der Waals surface area contributed by atoms with Gasteiger partial charge in [-0.2, -0.15) is 0 Å². The molecule has 0 aliphatic carbocycles. The topological polar surface area (TPSA) is 84.2 Å². The third-order valence-electron chi connectivity index (χ3n) is 2.38. The minimum Gasteiger partial charge on any atom is -0.486 e. The van der Waals surface area contributed by atoms with Crippen molar-refractivity contribution in [3.63, 3.8) is 0 Å². The molecular weight excluding hydrogens is 212 g/mol. The number of aromatic nitrogens is 2. The number of benzene rings is 1. The summed E-state index contributed by atoms with van der Waals surface area (Å²) in [5, 5.41) is 0. The minimum absolute atomic E-state index is 0.478. The Morgan fingerprint density at radius 1 is 0.875 bits per heavy atom. The predicted molar refractivity (Wildman–Crippen MR) is 56.2 cm³/mol. The summed E-state index contributed by atoms with van der Waals surface area (Å²) in [6.45, 7) is 0.957. The van der Waals surface area contributed by atoms with Crippen LogP contribution in [0.2, 0.25) is 0 Å².